The van der Waals surface area contributed by atoms with Gasteiger partial charge in [0, 0.05) is 29.1 Å². The summed E-state index contributed by atoms with van der Waals surface area (Å²) in [5.74, 6) is 1.50. The van der Waals surface area contributed by atoms with Gasteiger partial charge in [0.15, 0.2) is 5.75 Å². The first-order chi connectivity index (χ1) is 13.8. The second-order valence-electron chi connectivity index (χ2n) is 7.26. The van der Waals surface area contributed by atoms with Crippen molar-refractivity contribution in [1.82, 2.24) is 0 Å². The Morgan fingerprint density at radius 1 is 1.24 bits per heavy atom. The number of hydrogen-bond acceptors (Lipinski definition) is 6. The molecule has 1 N–H and O–H groups in total. The van der Waals surface area contributed by atoms with Crippen molar-refractivity contribution in [2.24, 2.45) is 5.92 Å². The molecule has 1 aromatic heterocycles. The van der Waals surface area contributed by atoms with Crippen LogP contribution in [0.15, 0.2) is 45.7 Å². The first-order valence-corrected chi connectivity index (χ1v) is 10.7. The summed E-state index contributed by atoms with van der Waals surface area (Å²) >= 11 is 0. The number of hydrogen-bond donors (Lipinski definition) is 1. The van der Waals surface area contributed by atoms with E-state index < -0.39 is 20.6 Å². The van der Waals surface area contributed by atoms with Crippen molar-refractivity contribution in [2.45, 2.75) is 31.1 Å². The van der Waals surface area contributed by atoms with Crippen LogP contribution in [0, 0.1) is 16.0 Å². The smallest absolute Gasteiger partial charge is 0.312 e. The SMILES string of the molecule is COc1ccc(S(=O)(=O)Nc2ccc3oc4c(c3c2)C[C@@H](C)CC4)cc1[N+](=O)[O-]. The summed E-state index contributed by atoms with van der Waals surface area (Å²) < 4.78 is 38.9. The van der Waals surface area contributed by atoms with E-state index in [2.05, 4.69) is 11.6 Å². The molecule has 0 unspecified atom stereocenters. The van der Waals surface area contributed by atoms with Gasteiger partial charge in [0.05, 0.1) is 16.9 Å². The van der Waals surface area contributed by atoms with E-state index in [1.807, 2.05) is 0 Å². The Kier molecular flexibility index (Phi) is 4.70. The third kappa shape index (κ3) is 3.53. The highest BCUT2D eigenvalue weighted by molar-refractivity contribution is 7.92. The quantitative estimate of drug-likeness (QED) is 0.491. The van der Waals surface area contributed by atoms with Gasteiger partial charge in [0.2, 0.25) is 0 Å². The Labute approximate surface area is 167 Å². The third-order valence-corrected chi connectivity index (χ3v) is 6.58. The lowest BCUT2D eigenvalue weighted by Gasteiger charge is -2.16. The lowest BCUT2D eigenvalue weighted by Crippen LogP contribution is -2.13. The topological polar surface area (TPSA) is 112 Å². The number of furan rings is 1. The summed E-state index contributed by atoms with van der Waals surface area (Å²) in [6.45, 7) is 2.19. The molecule has 0 saturated heterocycles. The van der Waals surface area contributed by atoms with Crippen molar-refractivity contribution in [3.05, 3.63) is 57.8 Å². The molecule has 1 aliphatic carbocycles. The molecule has 8 nitrogen and oxygen atoms in total. The van der Waals surface area contributed by atoms with Crippen molar-refractivity contribution >= 4 is 32.4 Å². The monoisotopic (exact) mass is 416 g/mol. The van der Waals surface area contributed by atoms with Gasteiger partial charge in [-0.05, 0) is 49.1 Å². The Morgan fingerprint density at radius 2 is 2.03 bits per heavy atom. The zero-order valence-electron chi connectivity index (χ0n) is 16.0. The van der Waals surface area contributed by atoms with Crippen LogP contribution in [0.2, 0.25) is 0 Å². The minimum absolute atomic E-state index is 0.00508. The number of nitro groups is 1. The highest BCUT2D eigenvalue weighted by Crippen LogP contribution is 2.36. The first-order valence-electron chi connectivity index (χ1n) is 9.18. The van der Waals surface area contributed by atoms with Gasteiger partial charge in [-0.15, -0.1) is 0 Å². The summed E-state index contributed by atoms with van der Waals surface area (Å²) in [5, 5.41) is 12.1. The molecule has 0 amide bonds. The second kappa shape index (κ2) is 7.07. The summed E-state index contributed by atoms with van der Waals surface area (Å²) in [7, 11) is -2.73. The van der Waals surface area contributed by atoms with Gasteiger partial charge in [0.1, 0.15) is 11.3 Å². The molecule has 0 fully saturated rings. The van der Waals surface area contributed by atoms with Crippen molar-refractivity contribution in [3.63, 3.8) is 0 Å². The van der Waals surface area contributed by atoms with E-state index >= 15 is 0 Å². The van der Waals surface area contributed by atoms with Gasteiger partial charge in [-0.3, -0.25) is 14.8 Å². The predicted octanol–water partition coefficient (Wildman–Crippen LogP) is 4.28. The fraction of sp³-hybridized carbons (Fsp3) is 0.300. The Balaban J connectivity index is 1.70. The van der Waals surface area contributed by atoms with E-state index in [1.54, 1.807) is 18.2 Å². The number of benzene rings is 2. The van der Waals surface area contributed by atoms with Crippen LogP contribution >= 0.6 is 0 Å². The molecule has 9 heteroatoms. The number of nitrogens with zero attached hydrogens (tertiary/aromatic N) is 1. The number of rotatable bonds is 5. The number of fused-ring (bicyclic) bond motifs is 3. The molecule has 152 valence electrons. The number of aryl methyl sites for hydroxylation is 1. The zero-order valence-corrected chi connectivity index (χ0v) is 16.8. The van der Waals surface area contributed by atoms with Crippen LogP contribution in [0.3, 0.4) is 0 Å². The molecule has 29 heavy (non-hydrogen) atoms. The minimum atomic E-state index is -4.02. The van der Waals surface area contributed by atoms with Gasteiger partial charge < -0.3 is 9.15 Å². The third-order valence-electron chi connectivity index (χ3n) is 5.20. The van der Waals surface area contributed by atoms with E-state index in [1.165, 1.54) is 19.2 Å². The lowest BCUT2D eigenvalue weighted by atomic mass is 9.88. The van der Waals surface area contributed by atoms with Crippen LogP contribution in [0.1, 0.15) is 24.7 Å². The summed E-state index contributed by atoms with van der Waals surface area (Å²) in [4.78, 5) is 10.3. The van der Waals surface area contributed by atoms with Gasteiger partial charge in [-0.2, -0.15) is 0 Å². The second-order valence-corrected chi connectivity index (χ2v) is 8.94. The average molecular weight is 416 g/mol. The molecule has 2 aromatic carbocycles. The fourth-order valence-electron chi connectivity index (χ4n) is 3.71. The first kappa shape index (κ1) is 19.3. The molecule has 0 radical (unpaired) electrons. The minimum Gasteiger partial charge on any atom is -0.490 e. The molecule has 1 heterocycles. The normalized spacial score (nSPS) is 16.4. The zero-order chi connectivity index (χ0) is 20.8. The van der Waals surface area contributed by atoms with Crippen LogP contribution in [0.5, 0.6) is 5.75 Å². The number of methoxy groups -OCH3 is 1. The molecule has 0 aliphatic heterocycles. The molecule has 0 bridgehead atoms. The van der Waals surface area contributed by atoms with Crippen molar-refractivity contribution in [1.29, 1.82) is 0 Å². The largest absolute Gasteiger partial charge is 0.490 e. The molecule has 1 atom stereocenters. The van der Waals surface area contributed by atoms with E-state index in [4.69, 9.17) is 9.15 Å². The maximum atomic E-state index is 12.8. The highest BCUT2D eigenvalue weighted by Gasteiger charge is 2.24. The molecule has 1 aliphatic rings. The van der Waals surface area contributed by atoms with Gasteiger partial charge in [0.25, 0.3) is 10.0 Å². The average Bonchev–Trinajstić information content (AvgIpc) is 3.04. The number of ether oxygens (including phenoxy) is 1. The van der Waals surface area contributed by atoms with E-state index in [0.717, 1.165) is 47.6 Å². The summed E-state index contributed by atoms with van der Waals surface area (Å²) in [6.07, 6.45) is 2.84. The Morgan fingerprint density at radius 3 is 2.76 bits per heavy atom. The standard InChI is InChI=1S/C20H20N2O6S/c1-12-3-6-18-15(9-12)16-10-13(4-7-19(16)28-18)21-29(25,26)14-5-8-20(27-2)17(11-14)22(23)24/h4-5,7-8,10-12,21H,3,6,9H2,1-2H3/t12-/m0/s1. The maximum Gasteiger partial charge on any atom is 0.312 e. The van der Waals surface area contributed by atoms with Gasteiger partial charge in [-0.1, -0.05) is 6.92 Å². The van der Waals surface area contributed by atoms with E-state index in [9.17, 15) is 18.5 Å². The molecular weight excluding hydrogens is 396 g/mol. The van der Waals surface area contributed by atoms with Crippen molar-refractivity contribution in [2.75, 3.05) is 11.8 Å². The number of anilines is 1. The van der Waals surface area contributed by atoms with Crippen LogP contribution in [-0.4, -0.2) is 20.5 Å². The molecule has 4 rings (SSSR count). The van der Waals surface area contributed by atoms with E-state index in [0.29, 0.717) is 11.6 Å². The fourth-order valence-corrected chi connectivity index (χ4v) is 4.78. The predicted molar refractivity (Wildman–Crippen MR) is 108 cm³/mol. The van der Waals surface area contributed by atoms with Gasteiger partial charge >= 0.3 is 5.69 Å². The van der Waals surface area contributed by atoms with Crippen molar-refractivity contribution < 1.29 is 22.5 Å². The molecule has 3 aromatic rings. The number of nitrogens with one attached hydrogen (secondary N) is 1. The van der Waals surface area contributed by atoms with E-state index in [-0.39, 0.29) is 10.6 Å². The highest BCUT2D eigenvalue weighted by atomic mass is 32.2. The van der Waals surface area contributed by atoms with Gasteiger partial charge in [-0.25, -0.2) is 8.42 Å². The molecule has 0 saturated carbocycles. The van der Waals surface area contributed by atoms with Crippen LogP contribution in [-0.2, 0) is 22.9 Å². The maximum absolute atomic E-state index is 12.8. The number of sulfonamides is 1. The Bertz CT molecular complexity index is 1220. The molecule has 0 spiro atoms. The number of nitro benzene ring substituents is 1. The van der Waals surface area contributed by atoms with Crippen LogP contribution in [0.4, 0.5) is 11.4 Å². The van der Waals surface area contributed by atoms with Crippen molar-refractivity contribution in [3.8, 4) is 5.75 Å². The Hall–Kier alpha value is -3.07. The van der Waals surface area contributed by atoms with Crippen LogP contribution in [0.25, 0.3) is 11.0 Å². The molecular formula is C20H20N2O6S. The van der Waals surface area contributed by atoms with Crippen LogP contribution < -0.4 is 9.46 Å². The lowest BCUT2D eigenvalue weighted by molar-refractivity contribution is -0.386. The summed E-state index contributed by atoms with van der Waals surface area (Å²) in [5.41, 5.74) is 1.81. The summed E-state index contributed by atoms with van der Waals surface area (Å²) in [6, 6.07) is 8.65.